The molecule has 0 spiro atoms. The van der Waals surface area contributed by atoms with Gasteiger partial charge in [-0.25, -0.2) is 4.79 Å². The predicted octanol–water partition coefficient (Wildman–Crippen LogP) is 5.42. The molecule has 0 bridgehead atoms. The van der Waals surface area contributed by atoms with Crippen molar-refractivity contribution in [3.05, 3.63) is 33.8 Å². The molecule has 1 heterocycles. The molecular formula is C21H29Cl2NO3. The number of carbonyl (C=O) groups is 1. The Morgan fingerprint density at radius 3 is 2.44 bits per heavy atom. The van der Waals surface area contributed by atoms with Crippen molar-refractivity contribution < 1.29 is 14.6 Å². The van der Waals surface area contributed by atoms with Gasteiger partial charge in [-0.15, -0.1) is 0 Å². The number of hydrogen-bond acceptors (Lipinski definition) is 3. The molecule has 1 N–H and O–H groups in total. The van der Waals surface area contributed by atoms with E-state index in [4.69, 9.17) is 27.9 Å². The Morgan fingerprint density at radius 1 is 1.19 bits per heavy atom. The smallest absolute Gasteiger partial charge is 0.410 e. The number of rotatable bonds is 2. The lowest BCUT2D eigenvalue weighted by molar-refractivity contribution is 0.0263. The van der Waals surface area contributed by atoms with Gasteiger partial charge in [0.1, 0.15) is 5.60 Å². The third-order valence-corrected chi connectivity index (χ3v) is 6.70. The van der Waals surface area contributed by atoms with Gasteiger partial charge in [0.25, 0.3) is 0 Å². The summed E-state index contributed by atoms with van der Waals surface area (Å²) in [6.07, 6.45) is 3.74. The molecule has 2 aliphatic rings. The molecule has 1 amide bonds. The molecule has 6 heteroatoms. The number of nitrogens with zero attached hydrogens (tertiary/aromatic N) is 1. The summed E-state index contributed by atoms with van der Waals surface area (Å²) in [7, 11) is 0. The minimum atomic E-state index is -0.495. The first-order valence-corrected chi connectivity index (χ1v) is 10.5. The number of carbonyl (C=O) groups excluding carboxylic acids is 1. The molecule has 1 saturated carbocycles. The van der Waals surface area contributed by atoms with Crippen molar-refractivity contribution in [3.63, 3.8) is 0 Å². The molecule has 1 aliphatic heterocycles. The van der Waals surface area contributed by atoms with Crippen LogP contribution in [0.4, 0.5) is 4.79 Å². The second kappa shape index (κ2) is 7.81. The molecule has 1 aromatic carbocycles. The highest BCUT2D eigenvalue weighted by Crippen LogP contribution is 2.49. The monoisotopic (exact) mass is 413 g/mol. The molecule has 0 radical (unpaired) electrons. The quantitative estimate of drug-likeness (QED) is 0.703. The number of halogens is 2. The van der Waals surface area contributed by atoms with Gasteiger partial charge in [0.05, 0.1) is 16.1 Å². The fourth-order valence-corrected chi connectivity index (χ4v) is 4.86. The van der Waals surface area contributed by atoms with Crippen LogP contribution in [-0.2, 0) is 10.2 Å². The maximum atomic E-state index is 12.5. The summed E-state index contributed by atoms with van der Waals surface area (Å²) in [5.41, 5.74) is 0.579. The zero-order valence-electron chi connectivity index (χ0n) is 16.3. The highest BCUT2D eigenvalue weighted by atomic mass is 35.5. The van der Waals surface area contributed by atoms with E-state index in [0.717, 1.165) is 32.1 Å². The number of ether oxygens (including phenoxy) is 1. The zero-order valence-corrected chi connectivity index (χ0v) is 17.8. The van der Waals surface area contributed by atoms with Gasteiger partial charge in [-0.2, -0.15) is 0 Å². The normalized spacial score (nSPS) is 29.0. The standard InChI is InChI=1S/C21H29Cl2NO3/c1-20(2,3)27-19(26)24-11-8-15(13-24)21(9-6-16(25)7-10-21)14-4-5-17(22)18(23)12-14/h4-5,12,15-16,25H,6-11,13H2,1-3H3/t15-,16-,21+/m1/s1. The van der Waals surface area contributed by atoms with E-state index < -0.39 is 5.60 Å². The van der Waals surface area contributed by atoms with Gasteiger partial charge in [-0.3, -0.25) is 0 Å². The van der Waals surface area contributed by atoms with Crippen molar-refractivity contribution in [2.45, 2.75) is 70.0 Å². The van der Waals surface area contributed by atoms with E-state index in [1.165, 1.54) is 5.56 Å². The fraction of sp³-hybridized carbons (Fsp3) is 0.667. The van der Waals surface area contributed by atoms with Crippen LogP contribution in [0.3, 0.4) is 0 Å². The van der Waals surface area contributed by atoms with Crippen molar-refractivity contribution in [1.82, 2.24) is 4.90 Å². The highest BCUT2D eigenvalue weighted by molar-refractivity contribution is 6.42. The van der Waals surface area contributed by atoms with Crippen LogP contribution in [-0.4, -0.2) is 40.9 Å². The first-order chi connectivity index (χ1) is 12.6. The van der Waals surface area contributed by atoms with E-state index in [2.05, 4.69) is 6.07 Å². The predicted molar refractivity (Wildman–Crippen MR) is 109 cm³/mol. The molecule has 3 rings (SSSR count). The molecule has 150 valence electrons. The molecule has 1 aromatic rings. The van der Waals surface area contributed by atoms with Gasteiger partial charge in [0, 0.05) is 18.5 Å². The SMILES string of the molecule is CC(C)(C)OC(=O)N1CC[C@@H]([C@]2(c3ccc(Cl)c(Cl)c3)CC[C@H](O)CC2)C1. The summed E-state index contributed by atoms with van der Waals surface area (Å²) in [5.74, 6) is 0.315. The van der Waals surface area contributed by atoms with E-state index in [-0.39, 0.29) is 17.6 Å². The van der Waals surface area contributed by atoms with E-state index in [9.17, 15) is 9.90 Å². The molecule has 0 unspecified atom stereocenters. The Hall–Kier alpha value is -0.970. The van der Waals surface area contributed by atoms with Crippen molar-refractivity contribution in [2.75, 3.05) is 13.1 Å². The summed E-state index contributed by atoms with van der Waals surface area (Å²) < 4.78 is 5.56. The highest BCUT2D eigenvalue weighted by Gasteiger charge is 2.46. The van der Waals surface area contributed by atoms with Gasteiger partial charge >= 0.3 is 6.09 Å². The fourth-order valence-electron chi connectivity index (χ4n) is 4.56. The summed E-state index contributed by atoms with van der Waals surface area (Å²) in [4.78, 5) is 14.3. The van der Waals surface area contributed by atoms with Crippen LogP contribution >= 0.6 is 23.2 Å². The van der Waals surface area contributed by atoms with Gasteiger partial charge in [-0.1, -0.05) is 29.3 Å². The third-order valence-electron chi connectivity index (χ3n) is 5.96. The number of aliphatic hydroxyl groups is 1. The van der Waals surface area contributed by atoms with Crippen LogP contribution < -0.4 is 0 Å². The zero-order chi connectivity index (χ0) is 19.8. The van der Waals surface area contributed by atoms with Crippen molar-refractivity contribution >= 4 is 29.3 Å². The second-order valence-electron chi connectivity index (χ2n) is 8.93. The van der Waals surface area contributed by atoms with E-state index in [1.54, 1.807) is 0 Å². The Balaban J connectivity index is 1.84. The number of amides is 1. The van der Waals surface area contributed by atoms with Crippen LogP contribution in [0.5, 0.6) is 0 Å². The molecule has 1 aliphatic carbocycles. The first-order valence-electron chi connectivity index (χ1n) is 9.72. The first kappa shape index (κ1) is 20.8. The van der Waals surface area contributed by atoms with E-state index >= 15 is 0 Å². The largest absolute Gasteiger partial charge is 0.444 e. The number of benzene rings is 1. The maximum absolute atomic E-state index is 12.5. The van der Waals surface area contributed by atoms with Crippen LogP contribution in [0.1, 0.15) is 58.4 Å². The van der Waals surface area contributed by atoms with Gasteiger partial charge < -0.3 is 14.7 Å². The number of likely N-dealkylation sites (tertiary alicyclic amines) is 1. The summed E-state index contributed by atoms with van der Waals surface area (Å²) in [5, 5.41) is 11.2. The van der Waals surface area contributed by atoms with Crippen molar-refractivity contribution in [1.29, 1.82) is 0 Å². The number of hydrogen-bond donors (Lipinski definition) is 1. The van der Waals surface area contributed by atoms with Crippen molar-refractivity contribution in [3.8, 4) is 0 Å². The minimum Gasteiger partial charge on any atom is -0.444 e. The second-order valence-corrected chi connectivity index (χ2v) is 9.74. The maximum Gasteiger partial charge on any atom is 0.410 e. The minimum absolute atomic E-state index is 0.0930. The van der Waals surface area contributed by atoms with Crippen LogP contribution in [0.2, 0.25) is 10.0 Å². The lowest BCUT2D eigenvalue weighted by Gasteiger charge is -2.44. The van der Waals surface area contributed by atoms with Gasteiger partial charge in [-0.05, 0) is 76.5 Å². The Labute approximate surface area is 171 Å². The third kappa shape index (κ3) is 4.55. The van der Waals surface area contributed by atoms with E-state index in [1.807, 2.05) is 37.8 Å². The Kier molecular flexibility index (Phi) is 6.00. The lowest BCUT2D eigenvalue weighted by Crippen LogP contribution is -2.42. The van der Waals surface area contributed by atoms with Crippen LogP contribution in [0.25, 0.3) is 0 Å². The summed E-state index contributed by atoms with van der Waals surface area (Å²) in [6, 6.07) is 5.88. The Morgan fingerprint density at radius 2 is 1.85 bits per heavy atom. The number of aliphatic hydroxyl groups excluding tert-OH is 1. The molecule has 2 fully saturated rings. The lowest BCUT2D eigenvalue weighted by atomic mass is 9.61. The summed E-state index contributed by atoms with van der Waals surface area (Å²) >= 11 is 12.4. The average Bonchev–Trinajstić information content (AvgIpc) is 3.08. The molecule has 1 atom stereocenters. The van der Waals surface area contributed by atoms with Gasteiger partial charge in [0.2, 0.25) is 0 Å². The van der Waals surface area contributed by atoms with E-state index in [0.29, 0.717) is 29.1 Å². The molecule has 27 heavy (non-hydrogen) atoms. The summed E-state index contributed by atoms with van der Waals surface area (Å²) in [6.45, 7) is 7.03. The van der Waals surface area contributed by atoms with Crippen LogP contribution in [0, 0.1) is 5.92 Å². The molecule has 1 saturated heterocycles. The molecule has 0 aromatic heterocycles. The molecule has 4 nitrogen and oxygen atoms in total. The molecular weight excluding hydrogens is 385 g/mol. The van der Waals surface area contributed by atoms with Crippen molar-refractivity contribution in [2.24, 2.45) is 5.92 Å². The van der Waals surface area contributed by atoms with Crippen LogP contribution in [0.15, 0.2) is 18.2 Å². The van der Waals surface area contributed by atoms with Gasteiger partial charge in [0.15, 0.2) is 0 Å². The Bertz CT molecular complexity index is 693. The average molecular weight is 414 g/mol. The topological polar surface area (TPSA) is 49.8 Å².